The van der Waals surface area contributed by atoms with Crippen LogP contribution >= 0.6 is 0 Å². The molecule has 1 heterocycles. The minimum Gasteiger partial charge on any atom is -0.379 e. The zero-order valence-corrected chi connectivity index (χ0v) is 9.96. The molecular weight excluding hydrogens is 230 g/mol. The molecule has 1 atom stereocenters. The number of nitrogens with one attached hydrogen (secondary N) is 1. The summed E-state index contributed by atoms with van der Waals surface area (Å²) in [5, 5.41) is 0. The lowest BCUT2D eigenvalue weighted by Gasteiger charge is -2.09. The molecule has 1 N–H and O–H groups in total. The third-order valence-electron chi connectivity index (χ3n) is 2.14. The van der Waals surface area contributed by atoms with E-state index in [9.17, 15) is 8.42 Å². The Hall–Kier alpha value is -0.650. The number of sulfonamides is 1. The van der Waals surface area contributed by atoms with Gasteiger partial charge in [0.2, 0.25) is 10.0 Å². The highest BCUT2D eigenvalue weighted by Crippen LogP contribution is 2.07. The van der Waals surface area contributed by atoms with Crippen LogP contribution in [0.4, 0.5) is 0 Å². The van der Waals surface area contributed by atoms with Crippen LogP contribution in [0.15, 0.2) is 18.4 Å². The second kappa shape index (κ2) is 6.83. The van der Waals surface area contributed by atoms with Gasteiger partial charge in [-0.2, -0.15) is 0 Å². The van der Waals surface area contributed by atoms with Gasteiger partial charge in [-0.1, -0.05) is 6.58 Å². The first-order valence-corrected chi connectivity index (χ1v) is 6.80. The maximum absolute atomic E-state index is 11.4. The highest BCUT2D eigenvalue weighted by atomic mass is 32.2. The lowest BCUT2D eigenvalue weighted by atomic mass is 10.3. The summed E-state index contributed by atoms with van der Waals surface area (Å²) in [4.78, 5) is 0. The van der Waals surface area contributed by atoms with Crippen LogP contribution in [0.2, 0.25) is 0 Å². The van der Waals surface area contributed by atoms with Crippen molar-refractivity contribution in [2.75, 3.05) is 32.1 Å². The molecule has 1 aliphatic heterocycles. The zero-order valence-electron chi connectivity index (χ0n) is 9.15. The minimum atomic E-state index is -3.26. The summed E-state index contributed by atoms with van der Waals surface area (Å²) >= 11 is 0. The van der Waals surface area contributed by atoms with E-state index in [1.807, 2.05) is 0 Å². The van der Waals surface area contributed by atoms with E-state index in [1.165, 1.54) is 6.08 Å². The average Bonchev–Trinajstić information content (AvgIpc) is 2.70. The molecule has 1 unspecified atom stereocenters. The van der Waals surface area contributed by atoms with E-state index in [1.54, 1.807) is 0 Å². The molecule has 92 valence electrons. The summed E-state index contributed by atoms with van der Waals surface area (Å²) in [7, 11) is -3.26. The molecule has 6 heteroatoms. The third kappa shape index (κ3) is 5.44. The number of ether oxygens (including phenoxy) is 2. The molecule has 1 aliphatic rings. The van der Waals surface area contributed by atoms with Crippen molar-refractivity contribution in [3.8, 4) is 0 Å². The first-order chi connectivity index (χ1) is 7.64. The zero-order chi connectivity index (χ0) is 11.9. The van der Waals surface area contributed by atoms with Crippen molar-refractivity contribution in [3.05, 3.63) is 18.4 Å². The summed E-state index contributed by atoms with van der Waals surface area (Å²) in [6.07, 6.45) is 2.40. The molecule has 0 aromatic heterocycles. The van der Waals surface area contributed by atoms with Crippen molar-refractivity contribution in [2.45, 2.75) is 12.5 Å². The molecular formula is C10H17NO4S. The van der Waals surface area contributed by atoms with Crippen molar-refractivity contribution < 1.29 is 17.9 Å². The summed E-state index contributed by atoms with van der Waals surface area (Å²) in [5.74, 6) is -0.0333. The Balaban J connectivity index is 2.16. The van der Waals surface area contributed by atoms with Crippen LogP contribution < -0.4 is 4.72 Å². The van der Waals surface area contributed by atoms with Gasteiger partial charge in [-0.05, 0) is 12.5 Å². The molecule has 0 aromatic rings. The van der Waals surface area contributed by atoms with Gasteiger partial charge in [0.25, 0.3) is 0 Å². The molecule has 0 spiro atoms. The monoisotopic (exact) mass is 247 g/mol. The largest absolute Gasteiger partial charge is 0.379 e. The van der Waals surface area contributed by atoms with Crippen LogP contribution in [0.3, 0.4) is 0 Å². The molecule has 0 bridgehead atoms. The van der Waals surface area contributed by atoms with E-state index in [4.69, 9.17) is 9.47 Å². The van der Waals surface area contributed by atoms with E-state index in [-0.39, 0.29) is 25.0 Å². The summed E-state index contributed by atoms with van der Waals surface area (Å²) in [6, 6.07) is 0. The van der Waals surface area contributed by atoms with Gasteiger partial charge in [-0.15, -0.1) is 5.73 Å². The number of rotatable bonds is 7. The Bertz CT molecular complexity index is 340. The van der Waals surface area contributed by atoms with Gasteiger partial charge in [0.15, 0.2) is 0 Å². The molecule has 16 heavy (non-hydrogen) atoms. The van der Waals surface area contributed by atoms with Crippen LogP contribution in [-0.4, -0.2) is 46.6 Å². The van der Waals surface area contributed by atoms with E-state index in [0.717, 1.165) is 6.42 Å². The lowest BCUT2D eigenvalue weighted by Crippen LogP contribution is -2.29. The molecule has 1 fully saturated rings. The van der Waals surface area contributed by atoms with E-state index >= 15 is 0 Å². The predicted octanol–water partition coefficient (Wildman–Crippen LogP) is 0.0524. The lowest BCUT2D eigenvalue weighted by molar-refractivity contribution is 0.0519. The smallest absolute Gasteiger partial charge is 0.214 e. The SMILES string of the molecule is C=C=CCNS(=O)(=O)CCOC1CCOC1. The molecule has 0 amide bonds. The topological polar surface area (TPSA) is 64.6 Å². The van der Waals surface area contributed by atoms with Crippen molar-refractivity contribution in [2.24, 2.45) is 0 Å². The highest BCUT2D eigenvalue weighted by Gasteiger charge is 2.17. The molecule has 5 nitrogen and oxygen atoms in total. The van der Waals surface area contributed by atoms with E-state index in [0.29, 0.717) is 13.2 Å². The highest BCUT2D eigenvalue weighted by molar-refractivity contribution is 7.89. The van der Waals surface area contributed by atoms with Gasteiger partial charge in [0, 0.05) is 13.2 Å². The van der Waals surface area contributed by atoms with Gasteiger partial charge in [-0.3, -0.25) is 0 Å². The Morgan fingerprint density at radius 3 is 3.06 bits per heavy atom. The molecule has 0 aromatic carbocycles. The molecule has 1 rings (SSSR count). The number of hydrogen-bond donors (Lipinski definition) is 1. The summed E-state index contributed by atoms with van der Waals surface area (Å²) in [5.41, 5.74) is 2.49. The van der Waals surface area contributed by atoms with Crippen molar-refractivity contribution in [3.63, 3.8) is 0 Å². The van der Waals surface area contributed by atoms with Crippen LogP contribution in [0.5, 0.6) is 0 Å². The van der Waals surface area contributed by atoms with Crippen LogP contribution in [-0.2, 0) is 19.5 Å². The van der Waals surface area contributed by atoms with Gasteiger partial charge >= 0.3 is 0 Å². The standard InChI is InChI=1S/C10H17NO4S/c1-2-3-5-11-16(12,13)8-7-15-10-4-6-14-9-10/h3,10-11H,1,4-9H2. The van der Waals surface area contributed by atoms with E-state index < -0.39 is 10.0 Å². The second-order valence-electron chi connectivity index (χ2n) is 3.43. The Kier molecular flexibility index (Phi) is 5.73. The average molecular weight is 247 g/mol. The Labute approximate surface area is 96.2 Å². The van der Waals surface area contributed by atoms with Crippen LogP contribution in [0, 0.1) is 0 Å². The molecule has 0 radical (unpaired) electrons. The maximum Gasteiger partial charge on any atom is 0.214 e. The summed E-state index contributed by atoms with van der Waals surface area (Å²) < 4.78 is 35.6. The van der Waals surface area contributed by atoms with Crippen molar-refractivity contribution in [1.82, 2.24) is 4.72 Å². The van der Waals surface area contributed by atoms with Crippen LogP contribution in [0.1, 0.15) is 6.42 Å². The molecule has 0 saturated carbocycles. The fourth-order valence-corrected chi connectivity index (χ4v) is 2.08. The fraction of sp³-hybridized carbons (Fsp3) is 0.700. The predicted molar refractivity (Wildman–Crippen MR) is 60.7 cm³/mol. The first kappa shape index (κ1) is 13.4. The Morgan fingerprint density at radius 1 is 1.62 bits per heavy atom. The van der Waals surface area contributed by atoms with Gasteiger partial charge < -0.3 is 9.47 Å². The maximum atomic E-state index is 11.4. The first-order valence-electron chi connectivity index (χ1n) is 5.15. The van der Waals surface area contributed by atoms with E-state index in [2.05, 4.69) is 17.0 Å². The normalized spacial score (nSPS) is 20.6. The summed E-state index contributed by atoms with van der Waals surface area (Å²) in [6.45, 7) is 5.01. The Morgan fingerprint density at radius 2 is 2.44 bits per heavy atom. The molecule has 1 saturated heterocycles. The number of hydrogen-bond acceptors (Lipinski definition) is 4. The van der Waals surface area contributed by atoms with Crippen molar-refractivity contribution >= 4 is 10.0 Å². The van der Waals surface area contributed by atoms with Crippen LogP contribution in [0.25, 0.3) is 0 Å². The quantitative estimate of drug-likeness (QED) is 0.646. The van der Waals surface area contributed by atoms with Crippen molar-refractivity contribution in [1.29, 1.82) is 0 Å². The second-order valence-corrected chi connectivity index (χ2v) is 5.36. The van der Waals surface area contributed by atoms with Gasteiger partial charge in [0.1, 0.15) is 0 Å². The fourth-order valence-electron chi connectivity index (χ4n) is 1.28. The van der Waals surface area contributed by atoms with Gasteiger partial charge in [-0.25, -0.2) is 13.1 Å². The van der Waals surface area contributed by atoms with Gasteiger partial charge in [0.05, 0.1) is 25.1 Å². The minimum absolute atomic E-state index is 0.0333. The third-order valence-corrected chi connectivity index (χ3v) is 3.45. The molecule has 0 aliphatic carbocycles.